The normalized spacial score (nSPS) is 24.9. The Morgan fingerprint density at radius 3 is 3.12 bits per heavy atom. The lowest BCUT2D eigenvalue weighted by Gasteiger charge is -2.19. The number of rotatable bonds is 4. The monoisotopic (exact) mass is 240 g/mol. The van der Waals surface area contributed by atoms with Crippen LogP contribution in [0.4, 0.5) is 4.39 Å². The zero-order valence-corrected chi connectivity index (χ0v) is 10.3. The quantitative estimate of drug-likeness (QED) is 0.875. The molecule has 0 aromatic carbocycles. The highest BCUT2D eigenvalue weighted by atomic mass is 32.2. The van der Waals surface area contributed by atoms with Crippen LogP contribution in [0.15, 0.2) is 18.5 Å². The van der Waals surface area contributed by atoms with E-state index in [0.717, 1.165) is 5.56 Å². The number of hydrogen-bond donors (Lipinski definition) is 1. The summed E-state index contributed by atoms with van der Waals surface area (Å²) >= 11 is 1.93. The minimum Gasteiger partial charge on any atom is -0.309 e. The van der Waals surface area contributed by atoms with Gasteiger partial charge in [0, 0.05) is 24.0 Å². The fourth-order valence-electron chi connectivity index (χ4n) is 2.24. The van der Waals surface area contributed by atoms with E-state index in [4.69, 9.17) is 0 Å². The van der Waals surface area contributed by atoms with E-state index in [1.807, 2.05) is 11.8 Å². The average molecular weight is 240 g/mol. The first-order valence-corrected chi connectivity index (χ1v) is 6.94. The number of aromatic nitrogens is 1. The summed E-state index contributed by atoms with van der Waals surface area (Å²) in [6, 6.07) is 2.11. The third kappa shape index (κ3) is 2.95. The SMILES string of the molecule is CSC1CCCC1NCc1cncc(F)c1. The van der Waals surface area contributed by atoms with Crippen molar-refractivity contribution >= 4 is 11.8 Å². The number of pyridine rings is 1. The van der Waals surface area contributed by atoms with Gasteiger partial charge >= 0.3 is 0 Å². The summed E-state index contributed by atoms with van der Waals surface area (Å²) in [5.74, 6) is -0.257. The van der Waals surface area contributed by atoms with Gasteiger partial charge in [0.1, 0.15) is 5.82 Å². The molecular weight excluding hydrogens is 223 g/mol. The second kappa shape index (κ2) is 5.64. The van der Waals surface area contributed by atoms with Gasteiger partial charge in [-0.15, -0.1) is 0 Å². The Balaban J connectivity index is 1.87. The van der Waals surface area contributed by atoms with Crippen molar-refractivity contribution in [3.05, 3.63) is 29.8 Å². The van der Waals surface area contributed by atoms with Gasteiger partial charge in [-0.2, -0.15) is 11.8 Å². The van der Waals surface area contributed by atoms with Crippen LogP contribution >= 0.6 is 11.8 Å². The van der Waals surface area contributed by atoms with E-state index in [-0.39, 0.29) is 5.82 Å². The van der Waals surface area contributed by atoms with Crippen molar-refractivity contribution < 1.29 is 4.39 Å². The smallest absolute Gasteiger partial charge is 0.141 e. The Labute approximate surface area is 100 Å². The minimum absolute atomic E-state index is 0.257. The summed E-state index contributed by atoms with van der Waals surface area (Å²) in [5.41, 5.74) is 0.923. The molecule has 0 spiro atoms. The van der Waals surface area contributed by atoms with Gasteiger partial charge in [-0.3, -0.25) is 4.98 Å². The van der Waals surface area contributed by atoms with Crippen LogP contribution in [0.3, 0.4) is 0 Å². The van der Waals surface area contributed by atoms with E-state index in [0.29, 0.717) is 17.8 Å². The highest BCUT2D eigenvalue weighted by Gasteiger charge is 2.25. The Morgan fingerprint density at radius 2 is 2.38 bits per heavy atom. The lowest BCUT2D eigenvalue weighted by Crippen LogP contribution is -2.33. The molecule has 0 radical (unpaired) electrons. The number of halogens is 1. The van der Waals surface area contributed by atoms with Crippen molar-refractivity contribution in [2.24, 2.45) is 0 Å². The molecule has 1 aromatic heterocycles. The molecule has 2 nitrogen and oxygen atoms in total. The third-order valence-corrected chi connectivity index (χ3v) is 4.25. The van der Waals surface area contributed by atoms with Crippen LogP contribution in [0.2, 0.25) is 0 Å². The maximum Gasteiger partial charge on any atom is 0.141 e. The minimum atomic E-state index is -0.257. The van der Waals surface area contributed by atoms with Crippen LogP contribution in [0, 0.1) is 5.82 Å². The highest BCUT2D eigenvalue weighted by molar-refractivity contribution is 7.99. The van der Waals surface area contributed by atoms with Crippen LogP contribution in [0.5, 0.6) is 0 Å². The fourth-order valence-corrected chi connectivity index (χ4v) is 3.21. The van der Waals surface area contributed by atoms with Crippen LogP contribution in [0.1, 0.15) is 24.8 Å². The number of thioether (sulfide) groups is 1. The molecule has 88 valence electrons. The molecule has 1 aliphatic carbocycles. The van der Waals surface area contributed by atoms with Crippen LogP contribution in [-0.2, 0) is 6.54 Å². The molecule has 1 aromatic rings. The largest absolute Gasteiger partial charge is 0.309 e. The zero-order valence-electron chi connectivity index (χ0n) is 9.45. The number of nitrogens with zero attached hydrogens (tertiary/aromatic N) is 1. The first-order valence-electron chi connectivity index (χ1n) is 5.65. The molecule has 16 heavy (non-hydrogen) atoms. The molecule has 2 rings (SSSR count). The first kappa shape index (κ1) is 11.9. The zero-order chi connectivity index (χ0) is 11.4. The van der Waals surface area contributed by atoms with Crippen molar-refractivity contribution in [3.8, 4) is 0 Å². The van der Waals surface area contributed by atoms with Crippen molar-refractivity contribution in [2.45, 2.75) is 37.1 Å². The van der Waals surface area contributed by atoms with E-state index in [2.05, 4.69) is 16.6 Å². The fraction of sp³-hybridized carbons (Fsp3) is 0.583. The van der Waals surface area contributed by atoms with Gasteiger partial charge in [0.15, 0.2) is 0 Å². The maximum atomic E-state index is 12.9. The van der Waals surface area contributed by atoms with Crippen molar-refractivity contribution in [2.75, 3.05) is 6.26 Å². The summed E-state index contributed by atoms with van der Waals surface area (Å²) in [4.78, 5) is 3.85. The lowest BCUT2D eigenvalue weighted by molar-refractivity contribution is 0.529. The maximum absolute atomic E-state index is 12.9. The predicted molar refractivity (Wildman–Crippen MR) is 66.0 cm³/mol. The molecule has 1 fully saturated rings. The van der Waals surface area contributed by atoms with E-state index in [1.54, 1.807) is 12.3 Å². The molecule has 0 aliphatic heterocycles. The van der Waals surface area contributed by atoms with E-state index in [9.17, 15) is 4.39 Å². The van der Waals surface area contributed by atoms with Crippen molar-refractivity contribution in [1.29, 1.82) is 0 Å². The predicted octanol–water partition coefficient (Wildman–Crippen LogP) is 2.59. The molecule has 4 heteroatoms. The molecule has 0 bridgehead atoms. The summed E-state index contributed by atoms with van der Waals surface area (Å²) in [6.45, 7) is 0.715. The highest BCUT2D eigenvalue weighted by Crippen LogP contribution is 2.28. The number of nitrogens with one attached hydrogen (secondary N) is 1. The van der Waals surface area contributed by atoms with E-state index >= 15 is 0 Å². The average Bonchev–Trinajstić information content (AvgIpc) is 2.74. The molecule has 1 N–H and O–H groups in total. The van der Waals surface area contributed by atoms with Gasteiger partial charge in [0.25, 0.3) is 0 Å². The van der Waals surface area contributed by atoms with Gasteiger partial charge in [-0.25, -0.2) is 4.39 Å². The van der Waals surface area contributed by atoms with Crippen molar-refractivity contribution in [1.82, 2.24) is 10.3 Å². The molecule has 1 saturated carbocycles. The van der Waals surface area contributed by atoms with E-state index < -0.39 is 0 Å². The summed E-state index contributed by atoms with van der Waals surface area (Å²) in [5, 5.41) is 4.21. The topological polar surface area (TPSA) is 24.9 Å². The second-order valence-electron chi connectivity index (χ2n) is 4.20. The van der Waals surface area contributed by atoms with Gasteiger partial charge in [0.2, 0.25) is 0 Å². The molecule has 2 atom stereocenters. The Hall–Kier alpha value is -0.610. The Morgan fingerprint density at radius 1 is 1.50 bits per heavy atom. The van der Waals surface area contributed by atoms with E-state index in [1.165, 1.54) is 25.5 Å². The van der Waals surface area contributed by atoms with Gasteiger partial charge in [-0.1, -0.05) is 6.42 Å². The molecular formula is C12H17FN2S. The molecule has 1 aliphatic rings. The lowest BCUT2D eigenvalue weighted by atomic mass is 10.2. The molecule has 0 saturated heterocycles. The Kier molecular flexibility index (Phi) is 4.18. The van der Waals surface area contributed by atoms with Crippen LogP contribution in [0.25, 0.3) is 0 Å². The first-order chi connectivity index (χ1) is 7.79. The summed E-state index contributed by atoms with van der Waals surface area (Å²) in [7, 11) is 0. The van der Waals surface area contributed by atoms with Gasteiger partial charge in [-0.05, 0) is 30.7 Å². The summed E-state index contributed by atoms with van der Waals surface area (Å²) < 4.78 is 12.9. The van der Waals surface area contributed by atoms with Crippen molar-refractivity contribution in [3.63, 3.8) is 0 Å². The third-order valence-electron chi connectivity index (χ3n) is 3.09. The van der Waals surface area contributed by atoms with Gasteiger partial charge < -0.3 is 5.32 Å². The molecule has 0 amide bonds. The standard InChI is InChI=1S/C12H17FN2S/c1-16-12-4-2-3-11(12)15-7-9-5-10(13)8-14-6-9/h5-6,8,11-12,15H,2-4,7H2,1H3. The molecule has 1 heterocycles. The Bertz CT molecular complexity index is 346. The molecule has 2 unspecified atom stereocenters. The second-order valence-corrected chi connectivity index (χ2v) is 5.28. The summed E-state index contributed by atoms with van der Waals surface area (Å²) in [6.07, 6.45) is 8.94. The van der Waals surface area contributed by atoms with Crippen LogP contribution in [-0.4, -0.2) is 22.5 Å². The van der Waals surface area contributed by atoms with Crippen LogP contribution < -0.4 is 5.32 Å². The van der Waals surface area contributed by atoms with Gasteiger partial charge in [0.05, 0.1) is 6.20 Å². The number of hydrogen-bond acceptors (Lipinski definition) is 3.